The number of carbonyl (C=O) groups is 1. The summed E-state index contributed by atoms with van der Waals surface area (Å²) in [5, 5.41) is 6.61. The summed E-state index contributed by atoms with van der Waals surface area (Å²) in [7, 11) is -3.17. The molecule has 13 heteroatoms. The average Bonchev–Trinajstić information content (AvgIpc) is 3.74. The summed E-state index contributed by atoms with van der Waals surface area (Å²) >= 11 is 1.40. The molecule has 1 fully saturated rings. The van der Waals surface area contributed by atoms with Crippen molar-refractivity contribution in [3.8, 4) is 27.5 Å². The third-order valence-corrected chi connectivity index (χ3v) is 9.98. The lowest BCUT2D eigenvalue weighted by molar-refractivity contribution is -0.120. The van der Waals surface area contributed by atoms with Crippen LogP contribution in [-0.2, 0) is 20.4 Å². The number of aryl methyl sites for hydroxylation is 2. The molecule has 240 valence electrons. The van der Waals surface area contributed by atoms with Crippen LogP contribution in [0.5, 0.6) is 0 Å². The maximum absolute atomic E-state index is 14.4. The highest BCUT2D eigenvalue weighted by Gasteiger charge is 2.35. The van der Waals surface area contributed by atoms with Gasteiger partial charge in [-0.05, 0) is 62.1 Å². The van der Waals surface area contributed by atoms with Crippen LogP contribution in [0.3, 0.4) is 0 Å². The fourth-order valence-corrected chi connectivity index (χ4v) is 7.87. The van der Waals surface area contributed by atoms with Crippen LogP contribution in [0.4, 0.5) is 14.5 Å². The van der Waals surface area contributed by atoms with E-state index in [1.54, 1.807) is 12.1 Å². The largest absolute Gasteiger partial charge is 0.361 e. The van der Waals surface area contributed by atoms with Gasteiger partial charge >= 0.3 is 0 Å². The van der Waals surface area contributed by atoms with Gasteiger partial charge in [-0.15, -0.1) is 11.3 Å². The van der Waals surface area contributed by atoms with Gasteiger partial charge in [-0.3, -0.25) is 9.36 Å². The number of piperidine rings is 1. The summed E-state index contributed by atoms with van der Waals surface area (Å²) in [5.74, 6) is -1.08. The molecule has 1 atom stereocenters. The van der Waals surface area contributed by atoms with Crippen LogP contribution in [0.2, 0.25) is 0 Å². The minimum atomic E-state index is -3.17. The number of benzene rings is 3. The minimum Gasteiger partial charge on any atom is -0.361 e. The van der Waals surface area contributed by atoms with E-state index in [0.717, 1.165) is 40.0 Å². The van der Waals surface area contributed by atoms with E-state index >= 15 is 0 Å². The van der Waals surface area contributed by atoms with Gasteiger partial charge in [0.15, 0.2) is 26.6 Å². The summed E-state index contributed by atoms with van der Waals surface area (Å²) in [6.45, 7) is 3.72. The van der Waals surface area contributed by atoms with Crippen LogP contribution >= 0.6 is 11.3 Å². The molecule has 0 bridgehead atoms. The van der Waals surface area contributed by atoms with Crippen molar-refractivity contribution in [3.63, 3.8) is 0 Å². The normalized spacial score (nSPS) is 15.6. The van der Waals surface area contributed by atoms with Crippen molar-refractivity contribution in [3.05, 3.63) is 101 Å². The number of aromatic nitrogens is 4. The smallest absolute Gasteiger partial charge is 0.227 e. The highest BCUT2D eigenvalue weighted by Crippen LogP contribution is 2.40. The number of fused-ring (bicyclic) bond motifs is 1. The zero-order chi connectivity index (χ0) is 33.0. The van der Waals surface area contributed by atoms with E-state index < -0.39 is 27.5 Å². The Morgan fingerprint density at radius 2 is 1.74 bits per heavy atom. The molecule has 6 aromatic rings. The lowest BCUT2D eigenvalue weighted by atomic mass is 9.99. The fraction of sp³-hybridized carbons (Fsp3) is 0.235. The first kappa shape index (κ1) is 30.9. The number of hydrogen-bond acceptors (Lipinski definition) is 8. The van der Waals surface area contributed by atoms with Gasteiger partial charge in [-0.25, -0.2) is 27.2 Å². The monoisotopic (exact) mass is 673 g/mol. The van der Waals surface area contributed by atoms with Crippen LogP contribution in [-0.4, -0.2) is 40.3 Å². The molecule has 4 heterocycles. The number of carbonyl (C=O) groups excluding carboxylic acids is 1. The van der Waals surface area contributed by atoms with Gasteiger partial charge in [-0.1, -0.05) is 35.5 Å². The average molecular weight is 674 g/mol. The minimum absolute atomic E-state index is 0.0511. The third-order valence-electron chi connectivity index (χ3n) is 8.29. The molecule has 3 aromatic carbocycles. The van der Waals surface area contributed by atoms with E-state index in [0.29, 0.717) is 46.3 Å². The van der Waals surface area contributed by atoms with Crippen molar-refractivity contribution < 1.29 is 26.5 Å². The second-order valence-corrected chi connectivity index (χ2v) is 14.7. The topological polar surface area (TPSA) is 111 Å². The van der Waals surface area contributed by atoms with Crippen molar-refractivity contribution in [2.45, 2.75) is 44.9 Å². The highest BCUT2D eigenvalue weighted by atomic mass is 32.2. The summed E-state index contributed by atoms with van der Waals surface area (Å²) in [6.07, 6.45) is 2.61. The van der Waals surface area contributed by atoms with E-state index in [4.69, 9.17) is 14.5 Å². The summed E-state index contributed by atoms with van der Waals surface area (Å²) in [6, 6.07) is 16.0. The van der Waals surface area contributed by atoms with Gasteiger partial charge in [0.05, 0.1) is 34.2 Å². The van der Waals surface area contributed by atoms with E-state index in [1.807, 2.05) is 54.1 Å². The van der Waals surface area contributed by atoms with Crippen LogP contribution in [0.25, 0.3) is 38.5 Å². The molecule has 1 unspecified atom stereocenters. The Morgan fingerprint density at radius 1 is 0.979 bits per heavy atom. The van der Waals surface area contributed by atoms with E-state index in [1.165, 1.54) is 28.6 Å². The zero-order valence-corrected chi connectivity index (χ0v) is 27.3. The summed E-state index contributed by atoms with van der Waals surface area (Å²) < 4.78 is 59.2. The first-order valence-electron chi connectivity index (χ1n) is 14.9. The number of halogens is 2. The van der Waals surface area contributed by atoms with Gasteiger partial charge in [0.2, 0.25) is 5.91 Å². The van der Waals surface area contributed by atoms with Crippen molar-refractivity contribution >= 4 is 43.8 Å². The van der Waals surface area contributed by atoms with Gasteiger partial charge in [-0.2, -0.15) is 0 Å². The van der Waals surface area contributed by atoms with Crippen LogP contribution < -0.4 is 4.90 Å². The lowest BCUT2D eigenvalue weighted by Gasteiger charge is -2.35. The number of hydrogen-bond donors (Lipinski definition) is 0. The second kappa shape index (κ2) is 11.8. The second-order valence-electron chi connectivity index (χ2n) is 11.8. The molecular formula is C34H29F2N5O4S2. The molecule has 0 spiro atoms. The zero-order valence-electron chi connectivity index (χ0n) is 25.7. The van der Waals surface area contributed by atoms with E-state index in [9.17, 15) is 22.0 Å². The van der Waals surface area contributed by atoms with Crippen LogP contribution in [0.1, 0.15) is 48.1 Å². The van der Waals surface area contributed by atoms with Gasteiger partial charge in [0, 0.05) is 40.9 Å². The first-order valence-corrected chi connectivity index (χ1v) is 17.9. The molecule has 3 aromatic heterocycles. The molecule has 1 aliphatic rings. The molecule has 0 radical (unpaired) electrons. The molecule has 0 N–H and O–H groups in total. The van der Waals surface area contributed by atoms with Crippen molar-refractivity contribution in [2.75, 3.05) is 11.2 Å². The van der Waals surface area contributed by atoms with E-state index in [2.05, 4.69) is 5.16 Å². The Hall–Kier alpha value is -4.75. The highest BCUT2D eigenvalue weighted by molar-refractivity contribution is 7.89. The molecule has 1 aliphatic heterocycles. The fourth-order valence-electron chi connectivity index (χ4n) is 6.22. The molecule has 1 amide bonds. The Bertz CT molecular complexity index is 2260. The Kier molecular flexibility index (Phi) is 7.75. The SMILES string of the molecule is Cc1noc(C)c1-c1ccc2c(c1)nc(C1CCCC(=O)N1c1ccc(F)c(F)c1)n2-c1nc(-c2ccc(CS(C)(=O)=O)cc2)cs1. The van der Waals surface area contributed by atoms with Crippen molar-refractivity contribution in [1.29, 1.82) is 0 Å². The number of sulfone groups is 1. The summed E-state index contributed by atoms with van der Waals surface area (Å²) in [5.41, 5.74) is 6.33. The molecular weight excluding hydrogens is 645 g/mol. The quantitative estimate of drug-likeness (QED) is 0.173. The third kappa shape index (κ3) is 5.85. The molecule has 0 saturated carbocycles. The maximum atomic E-state index is 14.4. The Labute approximate surface area is 273 Å². The number of thiazole rings is 1. The number of amides is 1. The van der Waals surface area contributed by atoms with Gasteiger partial charge in [0.25, 0.3) is 0 Å². The predicted octanol–water partition coefficient (Wildman–Crippen LogP) is 7.50. The Balaban J connectivity index is 1.37. The number of anilines is 1. The number of imidazole rings is 1. The molecule has 47 heavy (non-hydrogen) atoms. The van der Waals surface area contributed by atoms with Gasteiger partial charge in [0.1, 0.15) is 11.6 Å². The first-order chi connectivity index (χ1) is 22.5. The molecule has 0 aliphatic carbocycles. The van der Waals surface area contributed by atoms with Crippen molar-refractivity contribution in [1.82, 2.24) is 19.7 Å². The molecule has 7 rings (SSSR count). The van der Waals surface area contributed by atoms with Crippen LogP contribution in [0, 0.1) is 25.5 Å². The lowest BCUT2D eigenvalue weighted by Crippen LogP contribution is -2.39. The van der Waals surface area contributed by atoms with Crippen molar-refractivity contribution in [2.24, 2.45) is 0 Å². The number of nitrogens with zero attached hydrogens (tertiary/aromatic N) is 5. The van der Waals surface area contributed by atoms with E-state index in [-0.39, 0.29) is 23.8 Å². The standard InChI is InChI=1S/C34H29F2N5O4S2/c1-19-32(20(2)45-39-19)23-11-14-29-27(15-23)37-33(30-5-4-6-31(42)40(30)24-12-13-25(35)26(36)16-24)41(29)34-38-28(17-46-34)22-9-7-21(8-10-22)18-47(3,43)44/h7-17,30H,4-6,18H2,1-3H3. The summed E-state index contributed by atoms with van der Waals surface area (Å²) in [4.78, 5) is 25.0. The van der Waals surface area contributed by atoms with Crippen LogP contribution in [0.15, 0.2) is 70.6 Å². The maximum Gasteiger partial charge on any atom is 0.227 e. The predicted molar refractivity (Wildman–Crippen MR) is 176 cm³/mol. The molecule has 9 nitrogen and oxygen atoms in total. The Morgan fingerprint density at radius 3 is 2.45 bits per heavy atom. The molecule has 1 saturated heterocycles. The van der Waals surface area contributed by atoms with Gasteiger partial charge < -0.3 is 9.42 Å². The number of rotatable bonds is 7.